The van der Waals surface area contributed by atoms with Gasteiger partial charge in [0.15, 0.2) is 0 Å². The lowest BCUT2D eigenvalue weighted by molar-refractivity contribution is 0.144. The van der Waals surface area contributed by atoms with Crippen LogP contribution in [0.15, 0.2) is 24.5 Å². The zero-order valence-electron chi connectivity index (χ0n) is 14.2. The number of aromatic nitrogens is 1. The van der Waals surface area contributed by atoms with Gasteiger partial charge in [0.1, 0.15) is 0 Å². The molecule has 128 valence electrons. The van der Waals surface area contributed by atoms with E-state index in [4.69, 9.17) is 4.74 Å². The quantitative estimate of drug-likeness (QED) is 0.829. The predicted octanol–water partition coefficient (Wildman–Crippen LogP) is 1.58. The Kier molecular flexibility index (Phi) is 7.29. The summed E-state index contributed by atoms with van der Waals surface area (Å²) >= 11 is 0. The molecule has 2 heterocycles. The average Bonchev–Trinajstić information content (AvgIpc) is 2.58. The van der Waals surface area contributed by atoms with Gasteiger partial charge in [-0.15, -0.1) is 0 Å². The van der Waals surface area contributed by atoms with Gasteiger partial charge in [0.05, 0.1) is 6.61 Å². The molecule has 1 aliphatic rings. The van der Waals surface area contributed by atoms with Crippen LogP contribution >= 0.6 is 0 Å². The maximum absolute atomic E-state index is 12.5. The first kappa shape index (κ1) is 17.7. The van der Waals surface area contributed by atoms with Crippen LogP contribution < -0.4 is 5.32 Å². The van der Waals surface area contributed by atoms with Gasteiger partial charge in [-0.25, -0.2) is 4.79 Å². The van der Waals surface area contributed by atoms with E-state index in [-0.39, 0.29) is 6.03 Å². The normalized spacial score (nSPS) is 16.3. The fraction of sp³-hybridized carbons (Fsp3) is 0.647. The van der Waals surface area contributed by atoms with Gasteiger partial charge < -0.3 is 19.9 Å². The number of rotatable bonds is 7. The Bertz CT molecular complexity index is 461. The minimum absolute atomic E-state index is 0.0159. The van der Waals surface area contributed by atoms with Crippen LogP contribution in [0.4, 0.5) is 4.79 Å². The number of carbonyl (C=O) groups excluding carboxylic acids is 1. The molecule has 23 heavy (non-hydrogen) atoms. The van der Waals surface area contributed by atoms with E-state index in [9.17, 15) is 4.79 Å². The summed E-state index contributed by atoms with van der Waals surface area (Å²) in [7, 11) is 3.80. The predicted molar refractivity (Wildman–Crippen MR) is 90.1 cm³/mol. The number of methoxy groups -OCH3 is 1. The molecule has 0 unspecified atom stereocenters. The summed E-state index contributed by atoms with van der Waals surface area (Å²) in [6.07, 6.45) is 5.80. The highest BCUT2D eigenvalue weighted by Gasteiger charge is 2.19. The first-order valence-corrected chi connectivity index (χ1v) is 8.28. The standard InChI is InChI=1S/C17H28N4O2/c1-20-9-5-15(6-10-20)13-19-17(22)21(11-12-23-2)14-16-3-7-18-8-4-16/h3-4,7-8,15H,5-6,9-14H2,1-2H3,(H,19,22). The number of piperidine rings is 1. The smallest absolute Gasteiger partial charge is 0.317 e. The largest absolute Gasteiger partial charge is 0.383 e. The molecule has 1 aromatic rings. The minimum Gasteiger partial charge on any atom is -0.383 e. The molecule has 1 aromatic heterocycles. The van der Waals surface area contributed by atoms with Crippen molar-refractivity contribution in [3.05, 3.63) is 30.1 Å². The van der Waals surface area contributed by atoms with E-state index in [1.165, 1.54) is 0 Å². The van der Waals surface area contributed by atoms with Crippen molar-refractivity contribution in [2.75, 3.05) is 46.9 Å². The number of ether oxygens (including phenoxy) is 1. The third kappa shape index (κ3) is 6.15. The van der Waals surface area contributed by atoms with E-state index >= 15 is 0 Å². The number of likely N-dealkylation sites (tertiary alicyclic amines) is 1. The molecule has 1 N–H and O–H groups in total. The Hall–Kier alpha value is -1.66. The number of amides is 2. The molecular formula is C17H28N4O2. The third-order valence-corrected chi connectivity index (χ3v) is 4.36. The lowest BCUT2D eigenvalue weighted by atomic mass is 9.97. The summed E-state index contributed by atoms with van der Waals surface area (Å²) in [5.74, 6) is 0.584. The fourth-order valence-corrected chi connectivity index (χ4v) is 2.77. The first-order valence-electron chi connectivity index (χ1n) is 8.28. The molecule has 2 amide bonds. The van der Waals surface area contributed by atoms with E-state index in [1.807, 2.05) is 12.1 Å². The summed E-state index contributed by atoms with van der Waals surface area (Å²) in [4.78, 5) is 20.6. The van der Waals surface area contributed by atoms with Gasteiger partial charge >= 0.3 is 6.03 Å². The van der Waals surface area contributed by atoms with Gasteiger partial charge in [0.2, 0.25) is 0 Å². The van der Waals surface area contributed by atoms with Crippen LogP contribution in [0.3, 0.4) is 0 Å². The second kappa shape index (κ2) is 9.47. The number of nitrogens with one attached hydrogen (secondary N) is 1. The van der Waals surface area contributed by atoms with Crippen molar-refractivity contribution in [2.24, 2.45) is 5.92 Å². The van der Waals surface area contributed by atoms with Gasteiger partial charge in [0.25, 0.3) is 0 Å². The molecule has 1 saturated heterocycles. The molecule has 1 aliphatic heterocycles. The van der Waals surface area contributed by atoms with Crippen molar-refractivity contribution in [2.45, 2.75) is 19.4 Å². The zero-order chi connectivity index (χ0) is 16.5. The summed E-state index contributed by atoms with van der Waals surface area (Å²) < 4.78 is 5.13. The number of hydrogen-bond acceptors (Lipinski definition) is 4. The molecule has 0 atom stereocenters. The van der Waals surface area contributed by atoms with Crippen LogP contribution in [0.2, 0.25) is 0 Å². The molecule has 0 bridgehead atoms. The van der Waals surface area contributed by atoms with E-state index in [2.05, 4.69) is 22.2 Å². The monoisotopic (exact) mass is 320 g/mol. The van der Waals surface area contributed by atoms with Crippen LogP contribution in [0.1, 0.15) is 18.4 Å². The summed E-state index contributed by atoms with van der Waals surface area (Å²) in [5.41, 5.74) is 1.07. The van der Waals surface area contributed by atoms with Gasteiger partial charge in [-0.3, -0.25) is 4.98 Å². The van der Waals surface area contributed by atoms with E-state index < -0.39 is 0 Å². The maximum Gasteiger partial charge on any atom is 0.317 e. The van der Waals surface area contributed by atoms with Crippen molar-refractivity contribution >= 4 is 6.03 Å². The molecule has 0 saturated carbocycles. The zero-order valence-corrected chi connectivity index (χ0v) is 14.2. The molecule has 0 aromatic carbocycles. The average molecular weight is 320 g/mol. The molecule has 0 radical (unpaired) electrons. The highest BCUT2D eigenvalue weighted by molar-refractivity contribution is 5.74. The number of pyridine rings is 1. The van der Waals surface area contributed by atoms with Crippen molar-refractivity contribution < 1.29 is 9.53 Å². The second-order valence-corrected chi connectivity index (χ2v) is 6.20. The first-order chi connectivity index (χ1) is 11.2. The van der Waals surface area contributed by atoms with Crippen molar-refractivity contribution in [3.8, 4) is 0 Å². The number of urea groups is 1. The van der Waals surface area contributed by atoms with Crippen LogP contribution in [0, 0.1) is 5.92 Å². The van der Waals surface area contributed by atoms with Crippen molar-refractivity contribution in [1.82, 2.24) is 20.1 Å². The minimum atomic E-state index is -0.0159. The van der Waals surface area contributed by atoms with Gasteiger partial charge in [-0.2, -0.15) is 0 Å². The summed E-state index contributed by atoms with van der Waals surface area (Å²) in [6, 6.07) is 3.85. The molecular weight excluding hydrogens is 292 g/mol. The highest BCUT2D eigenvalue weighted by atomic mass is 16.5. The maximum atomic E-state index is 12.5. The Morgan fingerprint density at radius 2 is 2.09 bits per heavy atom. The summed E-state index contributed by atoms with van der Waals surface area (Å²) in [6.45, 7) is 4.68. The molecule has 6 heteroatoms. The van der Waals surface area contributed by atoms with Crippen LogP contribution in [0.25, 0.3) is 0 Å². The molecule has 0 aliphatic carbocycles. The number of carbonyl (C=O) groups is 1. The molecule has 6 nitrogen and oxygen atoms in total. The Labute approximate surface area is 138 Å². The van der Waals surface area contributed by atoms with E-state index in [1.54, 1.807) is 24.4 Å². The van der Waals surface area contributed by atoms with Gasteiger partial charge in [-0.1, -0.05) is 0 Å². The SMILES string of the molecule is COCCN(Cc1ccncc1)C(=O)NCC1CCN(C)CC1. The third-order valence-electron chi connectivity index (χ3n) is 4.36. The lowest BCUT2D eigenvalue weighted by Gasteiger charge is -2.30. The lowest BCUT2D eigenvalue weighted by Crippen LogP contribution is -2.44. The fourth-order valence-electron chi connectivity index (χ4n) is 2.77. The van der Waals surface area contributed by atoms with Gasteiger partial charge in [0, 0.05) is 39.1 Å². The topological polar surface area (TPSA) is 57.7 Å². The number of nitrogens with zero attached hydrogens (tertiary/aromatic N) is 3. The van der Waals surface area contributed by atoms with Crippen molar-refractivity contribution in [1.29, 1.82) is 0 Å². The summed E-state index contributed by atoms with van der Waals surface area (Å²) in [5, 5.41) is 3.09. The van der Waals surface area contributed by atoms with Crippen LogP contribution in [-0.4, -0.2) is 67.8 Å². The molecule has 0 spiro atoms. The Morgan fingerprint density at radius 3 is 2.74 bits per heavy atom. The van der Waals surface area contributed by atoms with E-state index in [0.29, 0.717) is 25.6 Å². The number of hydrogen-bond donors (Lipinski definition) is 1. The molecule has 1 fully saturated rings. The van der Waals surface area contributed by atoms with Crippen LogP contribution in [-0.2, 0) is 11.3 Å². The Balaban J connectivity index is 1.83. The second-order valence-electron chi connectivity index (χ2n) is 6.20. The highest BCUT2D eigenvalue weighted by Crippen LogP contribution is 2.15. The molecule has 2 rings (SSSR count). The van der Waals surface area contributed by atoms with E-state index in [0.717, 1.165) is 38.0 Å². The van der Waals surface area contributed by atoms with Crippen molar-refractivity contribution in [3.63, 3.8) is 0 Å². The van der Waals surface area contributed by atoms with Crippen LogP contribution in [0.5, 0.6) is 0 Å². The van der Waals surface area contributed by atoms with Gasteiger partial charge in [-0.05, 0) is 56.6 Å². The Morgan fingerprint density at radius 1 is 1.39 bits per heavy atom.